The van der Waals surface area contributed by atoms with Crippen LogP contribution in [0.25, 0.3) is 0 Å². The summed E-state index contributed by atoms with van der Waals surface area (Å²) in [6, 6.07) is 23.9. The van der Waals surface area contributed by atoms with E-state index in [1.54, 1.807) is 36.5 Å². The molecule has 0 bridgehead atoms. The number of nitrogens with zero attached hydrogens (tertiary/aromatic N) is 4. The number of rotatable bonds is 9. The second kappa shape index (κ2) is 28.2. The molecule has 1 aromatic heterocycles. The van der Waals surface area contributed by atoms with Crippen molar-refractivity contribution >= 4 is 43.9 Å². The number of hydrogen-bond acceptors (Lipinski definition) is 5. The van der Waals surface area contributed by atoms with E-state index in [9.17, 15) is 114 Å². The second-order valence-electron chi connectivity index (χ2n) is 20.4. The summed E-state index contributed by atoms with van der Waals surface area (Å²) in [4.78, 5) is 9.66. The summed E-state index contributed by atoms with van der Waals surface area (Å²) >= 11 is 0. The van der Waals surface area contributed by atoms with Crippen molar-refractivity contribution in [1.29, 1.82) is 5.26 Å². The monoisotopic (exact) mass is 1480 g/mol. The van der Waals surface area contributed by atoms with E-state index < -0.39 is 217 Å². The zero-order chi connectivity index (χ0) is 69.5. The summed E-state index contributed by atoms with van der Waals surface area (Å²) in [6.07, 6.45) is -53.2. The van der Waals surface area contributed by atoms with Gasteiger partial charge in [-0.05, 0) is 66.6 Å². The van der Waals surface area contributed by atoms with Crippen molar-refractivity contribution in [3.05, 3.63) is 256 Å². The van der Waals surface area contributed by atoms with E-state index in [-0.39, 0.29) is 32.7 Å². The van der Waals surface area contributed by atoms with Crippen LogP contribution in [0.3, 0.4) is 0 Å². The topological polar surface area (TPSA) is 86.4 Å². The van der Waals surface area contributed by atoms with Crippen LogP contribution in [0.15, 0.2) is 192 Å². The zero-order valence-electron chi connectivity index (χ0n) is 48.0. The number of halogens is 24. The molecule has 8 aromatic rings. The molecule has 0 amide bonds. The maximum Gasteiger partial charge on any atom is 2.00 e. The third kappa shape index (κ3) is 17.4. The molecule has 7 aromatic carbocycles. The molecule has 0 aliphatic carbocycles. The van der Waals surface area contributed by atoms with Crippen molar-refractivity contribution in [2.75, 3.05) is 0 Å². The number of alkyl halides is 24. The minimum Gasteiger partial charge on any atom is -0.358 e. The van der Waals surface area contributed by atoms with Gasteiger partial charge in [0.15, 0.2) is 5.84 Å². The Morgan fingerprint density at radius 2 is 0.695 bits per heavy atom. The summed E-state index contributed by atoms with van der Waals surface area (Å²) in [5.41, 5.74) is -26.9. The summed E-state index contributed by atoms with van der Waals surface area (Å²) in [5.74, 6) is 0.346. The van der Waals surface area contributed by atoms with E-state index in [0.29, 0.717) is 11.5 Å². The molecular weight excluding hydrogens is 1440 g/mol. The number of sulfonamides is 1. The Bertz CT molecular complexity index is 3730. The molecule has 95 heavy (non-hydrogen) atoms. The average Bonchev–Trinajstić information content (AvgIpc) is 0.939. The van der Waals surface area contributed by atoms with Crippen molar-refractivity contribution < 1.29 is 134 Å². The van der Waals surface area contributed by atoms with E-state index >= 15 is 0 Å². The molecular formula is C62H41BF24N4O2PdS. The fraction of sp³-hybridized carbons (Fsp3) is 0.194. The Balaban J connectivity index is 0.000000363. The summed E-state index contributed by atoms with van der Waals surface area (Å²) in [5, 5.41) is 7.32. The maximum atomic E-state index is 14.2. The van der Waals surface area contributed by atoms with Gasteiger partial charge in [-0.3, -0.25) is 9.98 Å². The van der Waals surface area contributed by atoms with Gasteiger partial charge in [0.2, 0.25) is 0 Å². The van der Waals surface area contributed by atoms with Gasteiger partial charge in [-0.25, -0.2) is 12.7 Å². The van der Waals surface area contributed by atoms with Gasteiger partial charge < -0.3 is 7.43 Å². The Morgan fingerprint density at radius 1 is 0.421 bits per heavy atom. The van der Waals surface area contributed by atoms with E-state index in [1.165, 1.54) is 11.2 Å². The van der Waals surface area contributed by atoms with Gasteiger partial charge in [0.05, 0.1) is 61.5 Å². The Hall–Kier alpha value is -8.35. The normalized spacial score (nSPS) is 15.0. The van der Waals surface area contributed by atoms with Crippen LogP contribution >= 0.6 is 0 Å². The SMILES string of the molecule is CC#N.Cc1ccc(S(=O)(=O)N2C(c3ccccn3)=N[C@H](c3ccccc3)[C@H]2c2ccccc2)cc1.FC(F)(F)c1cc([B-](c2cc(C(F)(F)F)cc(C(F)(F)F)c2)(c2cc(C(F)(F)F)cc(C(F)(F)F)c2)c2cc(C(F)(F)F)cc(C(F)(F)F)c2)cc(C(F)(F)F)c1.[CH3-].[Pd+2]. The molecule has 0 unspecified atom stereocenters. The molecule has 6 nitrogen and oxygen atoms in total. The van der Waals surface area contributed by atoms with Crippen molar-refractivity contribution in [3.63, 3.8) is 0 Å². The molecule has 1 aliphatic heterocycles. The van der Waals surface area contributed by atoms with Gasteiger partial charge >= 0.3 is 69.8 Å². The van der Waals surface area contributed by atoms with Crippen LogP contribution in [-0.2, 0) is 79.9 Å². The smallest absolute Gasteiger partial charge is 0.358 e. The minimum absolute atomic E-state index is 0. The Morgan fingerprint density at radius 3 is 0.958 bits per heavy atom. The predicted molar refractivity (Wildman–Crippen MR) is 297 cm³/mol. The number of aromatic nitrogens is 1. The molecule has 33 heteroatoms. The van der Waals surface area contributed by atoms with E-state index in [4.69, 9.17) is 10.3 Å². The molecule has 0 saturated carbocycles. The Kier molecular flexibility index (Phi) is 22.9. The number of benzene rings is 7. The molecule has 9 rings (SSSR count). The molecule has 0 N–H and O–H groups in total. The van der Waals surface area contributed by atoms with Crippen LogP contribution in [0.2, 0.25) is 0 Å². The van der Waals surface area contributed by atoms with Crippen LogP contribution in [0.4, 0.5) is 105 Å². The Labute approximate surface area is 538 Å². The van der Waals surface area contributed by atoms with E-state index in [0.717, 1.165) is 16.7 Å². The maximum absolute atomic E-state index is 14.2. The van der Waals surface area contributed by atoms with Gasteiger partial charge in [-0.15, -0.1) is 0 Å². The molecule has 0 radical (unpaired) electrons. The first kappa shape index (κ1) is 77.4. The molecule has 0 saturated heterocycles. The van der Waals surface area contributed by atoms with Crippen molar-refractivity contribution in [3.8, 4) is 6.07 Å². The van der Waals surface area contributed by atoms with Crippen molar-refractivity contribution in [1.82, 2.24) is 9.29 Å². The van der Waals surface area contributed by atoms with Crippen LogP contribution < -0.4 is 21.9 Å². The van der Waals surface area contributed by atoms with Crippen LogP contribution in [0, 0.1) is 25.7 Å². The molecule has 508 valence electrons. The van der Waals surface area contributed by atoms with Crippen molar-refractivity contribution in [2.24, 2.45) is 4.99 Å². The van der Waals surface area contributed by atoms with Gasteiger partial charge in [-0.1, -0.05) is 133 Å². The predicted octanol–water partition coefficient (Wildman–Crippen LogP) is 17.5. The molecule has 1 aliphatic rings. The van der Waals surface area contributed by atoms with Gasteiger partial charge in [0.25, 0.3) is 10.0 Å². The third-order valence-corrected chi connectivity index (χ3v) is 16.0. The quantitative estimate of drug-likeness (QED) is 0.0818. The minimum atomic E-state index is -6.13. The number of aliphatic imine (C=N–C) groups is 1. The third-order valence-electron chi connectivity index (χ3n) is 14.2. The standard InChI is InChI=1S/C32H12BF24.C27H23N3O2S.C2H3N.CH3.Pd/c34-25(35,36)13-1-14(26(37,38)39)6-21(5-13)33(22-7-15(27(40,41)42)2-16(8-22)28(43,44)45,23-9-17(29(46,47)48)3-18(10-23)30(49,50)51)24-11-19(31(52,53)54)4-20(12-24)32(55,56)57;1-20-15-17-23(18-16-20)33(31,32)30-26(22-12-6-3-7-13-22)25(21-10-4-2-5-11-21)29-27(30)24-14-8-9-19-28-24;1-2-3;;/h1-12H;2-19,25-26H,1H3;1H3;1H3;/q-1;;;-1;+2/t;25-,26-;;;/m.1.../s1. The summed E-state index contributed by atoms with van der Waals surface area (Å²) in [7, 11) is -3.93. The summed E-state index contributed by atoms with van der Waals surface area (Å²) in [6.45, 7) is 3.37. The average molecular weight is 1480 g/mol. The summed E-state index contributed by atoms with van der Waals surface area (Å²) < 4.78 is 370. The fourth-order valence-electron chi connectivity index (χ4n) is 10.2. The van der Waals surface area contributed by atoms with E-state index in [1.807, 2.05) is 85.8 Å². The molecule has 0 fully saturated rings. The largest absolute Gasteiger partial charge is 2.00 e. The number of aryl methyl sites for hydroxylation is 1. The molecule has 2 atom stereocenters. The van der Waals surface area contributed by atoms with Gasteiger partial charge in [-0.2, -0.15) is 132 Å². The van der Waals surface area contributed by atoms with E-state index in [2.05, 4.69) is 4.98 Å². The first-order chi connectivity index (χ1) is 42.7. The molecule has 0 spiro atoms. The van der Waals surface area contributed by atoms with Gasteiger partial charge in [0.1, 0.15) is 17.9 Å². The number of pyridine rings is 1. The zero-order valence-corrected chi connectivity index (χ0v) is 50.3. The number of amidine groups is 1. The fourth-order valence-corrected chi connectivity index (χ4v) is 11.8. The van der Waals surface area contributed by atoms with Gasteiger partial charge in [0, 0.05) is 13.1 Å². The van der Waals surface area contributed by atoms with Crippen LogP contribution in [0.1, 0.15) is 85.9 Å². The number of hydrogen-bond donors (Lipinski definition) is 0. The second-order valence-corrected chi connectivity index (χ2v) is 22.3. The molecule has 2 heterocycles. The first-order valence-electron chi connectivity index (χ1n) is 26.1. The van der Waals surface area contributed by atoms with Crippen LogP contribution in [-0.4, -0.2) is 29.7 Å². The van der Waals surface area contributed by atoms with Crippen LogP contribution in [0.5, 0.6) is 0 Å². The number of nitriles is 1. The van der Waals surface area contributed by atoms with Crippen molar-refractivity contribution in [2.45, 2.75) is 80.2 Å². The first-order valence-corrected chi connectivity index (χ1v) is 27.5.